The molecule has 0 heterocycles. The van der Waals surface area contributed by atoms with Gasteiger partial charge in [0.1, 0.15) is 0 Å². The van der Waals surface area contributed by atoms with Crippen molar-refractivity contribution >= 4 is 21.5 Å². The van der Waals surface area contributed by atoms with Crippen LogP contribution in [0.3, 0.4) is 0 Å². The van der Waals surface area contributed by atoms with Crippen molar-refractivity contribution in [2.45, 2.75) is 12.8 Å². The van der Waals surface area contributed by atoms with Crippen LogP contribution in [0.1, 0.15) is 11.1 Å². The number of benzene rings is 4. The maximum Gasteiger partial charge on any atom is 0.00269 e. The zero-order chi connectivity index (χ0) is 17.8. The summed E-state index contributed by atoms with van der Waals surface area (Å²) in [7, 11) is 0. The van der Waals surface area contributed by atoms with Crippen LogP contribution in [-0.4, -0.2) is 0 Å². The molecule has 0 heteroatoms. The zero-order valence-electron chi connectivity index (χ0n) is 15.2. The van der Waals surface area contributed by atoms with Crippen LogP contribution < -0.4 is 0 Å². The largest absolute Gasteiger partial charge is 0.0770 e. The first kappa shape index (κ1) is 15.0. The second kappa shape index (κ2) is 5.69. The van der Waals surface area contributed by atoms with Gasteiger partial charge in [-0.25, -0.2) is 0 Å². The van der Waals surface area contributed by atoms with Gasteiger partial charge >= 0.3 is 0 Å². The van der Waals surface area contributed by atoms with E-state index in [0.717, 1.165) is 12.8 Å². The van der Waals surface area contributed by atoms with E-state index in [1.54, 1.807) is 5.57 Å². The summed E-state index contributed by atoms with van der Waals surface area (Å²) in [6.07, 6.45) is 9.08. The number of allylic oxidation sites excluding steroid dienone is 4. The molecule has 27 heavy (non-hydrogen) atoms. The van der Waals surface area contributed by atoms with Crippen LogP contribution >= 0.6 is 0 Å². The van der Waals surface area contributed by atoms with Crippen molar-refractivity contribution in [3.05, 3.63) is 108 Å². The lowest BCUT2D eigenvalue weighted by Gasteiger charge is -2.25. The van der Waals surface area contributed by atoms with Gasteiger partial charge in [-0.1, -0.05) is 96.6 Å². The average Bonchev–Trinajstić information content (AvgIpc) is 3.13. The quantitative estimate of drug-likeness (QED) is 0.326. The van der Waals surface area contributed by atoms with Crippen LogP contribution in [-0.2, 0) is 12.8 Å². The Morgan fingerprint density at radius 2 is 1.26 bits per heavy atom. The summed E-state index contributed by atoms with van der Waals surface area (Å²) in [5, 5.41) is 5.40. The second-order valence-electron chi connectivity index (χ2n) is 7.76. The van der Waals surface area contributed by atoms with E-state index in [1.165, 1.54) is 43.8 Å². The SMILES string of the molecule is C1=CC2Cc3ccc4ccccc4c3-c3c(ccc4ccccc34)CC2=C1. The van der Waals surface area contributed by atoms with Gasteiger partial charge in [0.25, 0.3) is 0 Å². The number of hydrogen-bond acceptors (Lipinski definition) is 0. The fourth-order valence-corrected chi connectivity index (χ4v) is 4.95. The normalized spacial score (nSPS) is 17.8. The molecule has 128 valence electrons. The minimum atomic E-state index is 0.532. The summed E-state index contributed by atoms with van der Waals surface area (Å²) < 4.78 is 0. The molecule has 0 fully saturated rings. The molecule has 0 aliphatic heterocycles. The lowest BCUT2D eigenvalue weighted by molar-refractivity contribution is 0.739. The molecule has 0 aromatic heterocycles. The van der Waals surface area contributed by atoms with Gasteiger partial charge in [0.2, 0.25) is 0 Å². The summed E-state index contributed by atoms with van der Waals surface area (Å²) in [6.45, 7) is 0. The molecular weight excluding hydrogens is 324 g/mol. The van der Waals surface area contributed by atoms with E-state index in [0.29, 0.717) is 5.92 Å². The summed E-state index contributed by atoms with van der Waals surface area (Å²) >= 11 is 0. The van der Waals surface area contributed by atoms with E-state index >= 15 is 0 Å². The zero-order valence-corrected chi connectivity index (χ0v) is 15.2. The van der Waals surface area contributed by atoms with Gasteiger partial charge < -0.3 is 0 Å². The molecule has 0 nitrogen and oxygen atoms in total. The van der Waals surface area contributed by atoms with Crippen LogP contribution in [0.5, 0.6) is 0 Å². The average molecular weight is 344 g/mol. The van der Waals surface area contributed by atoms with Gasteiger partial charge in [0.15, 0.2) is 0 Å². The molecule has 2 aliphatic carbocycles. The van der Waals surface area contributed by atoms with Crippen molar-refractivity contribution in [3.63, 3.8) is 0 Å². The highest BCUT2D eigenvalue weighted by Crippen LogP contribution is 2.44. The molecule has 4 aromatic rings. The summed E-state index contributed by atoms with van der Waals surface area (Å²) in [5.41, 5.74) is 7.34. The minimum Gasteiger partial charge on any atom is -0.0770 e. The van der Waals surface area contributed by atoms with E-state index in [9.17, 15) is 0 Å². The Bertz CT molecular complexity index is 1270. The molecule has 4 aromatic carbocycles. The molecule has 6 rings (SSSR count). The van der Waals surface area contributed by atoms with Gasteiger partial charge in [-0.2, -0.15) is 0 Å². The Morgan fingerprint density at radius 1 is 0.630 bits per heavy atom. The molecule has 0 N–H and O–H groups in total. The third-order valence-corrected chi connectivity index (χ3v) is 6.25. The fourth-order valence-electron chi connectivity index (χ4n) is 4.95. The highest BCUT2D eigenvalue weighted by molar-refractivity contribution is 6.08. The standard InChI is InChI=1S/C27H20/c1-3-10-24-18(6-1)12-14-22-16-20-8-5-9-21(20)17-23-15-13-19-7-2-4-11-25(19)27(23)26(22)24/h1-15,20H,16-17H2. The summed E-state index contributed by atoms with van der Waals surface area (Å²) in [6, 6.07) is 27.0. The Kier molecular flexibility index (Phi) is 3.16. The first-order valence-electron chi connectivity index (χ1n) is 9.77. The highest BCUT2D eigenvalue weighted by Gasteiger charge is 2.25. The van der Waals surface area contributed by atoms with E-state index in [4.69, 9.17) is 0 Å². The maximum absolute atomic E-state index is 2.38. The van der Waals surface area contributed by atoms with Crippen molar-refractivity contribution in [2.24, 2.45) is 5.92 Å². The smallest absolute Gasteiger partial charge is 0.00269 e. The second-order valence-corrected chi connectivity index (χ2v) is 7.76. The fraction of sp³-hybridized carbons (Fsp3) is 0.111. The first-order chi connectivity index (χ1) is 13.4. The van der Waals surface area contributed by atoms with E-state index in [1.807, 2.05) is 0 Å². The van der Waals surface area contributed by atoms with Crippen molar-refractivity contribution in [2.75, 3.05) is 0 Å². The van der Waals surface area contributed by atoms with Crippen molar-refractivity contribution in [1.29, 1.82) is 0 Å². The molecule has 1 atom stereocenters. The monoisotopic (exact) mass is 344 g/mol. The Balaban J connectivity index is 1.79. The molecule has 2 aliphatic rings. The van der Waals surface area contributed by atoms with Crippen LogP contribution in [0.4, 0.5) is 0 Å². The highest BCUT2D eigenvalue weighted by atomic mass is 14.3. The molecule has 0 amide bonds. The topological polar surface area (TPSA) is 0 Å². The molecule has 0 saturated heterocycles. The molecule has 0 spiro atoms. The predicted octanol–water partition coefficient (Wildman–Crippen LogP) is 6.87. The van der Waals surface area contributed by atoms with Crippen molar-refractivity contribution in [1.82, 2.24) is 0 Å². The maximum atomic E-state index is 2.38. The summed E-state index contributed by atoms with van der Waals surface area (Å²) in [5.74, 6) is 0.532. The van der Waals surface area contributed by atoms with Gasteiger partial charge in [-0.3, -0.25) is 0 Å². The third kappa shape index (κ3) is 2.23. The van der Waals surface area contributed by atoms with Gasteiger partial charge in [-0.15, -0.1) is 0 Å². The lowest BCUT2D eigenvalue weighted by atomic mass is 9.78. The molecule has 1 unspecified atom stereocenters. The van der Waals surface area contributed by atoms with Gasteiger partial charge in [0.05, 0.1) is 0 Å². The Hall–Kier alpha value is -3.12. The first-order valence-corrected chi connectivity index (χ1v) is 9.77. The van der Waals surface area contributed by atoms with E-state index < -0.39 is 0 Å². The van der Waals surface area contributed by atoms with Crippen LogP contribution in [0.2, 0.25) is 0 Å². The summed E-state index contributed by atoms with van der Waals surface area (Å²) in [4.78, 5) is 0. The molecule has 0 bridgehead atoms. The van der Waals surface area contributed by atoms with Crippen molar-refractivity contribution in [3.8, 4) is 11.1 Å². The molecule has 0 saturated carbocycles. The Labute approximate surface area is 159 Å². The van der Waals surface area contributed by atoms with Crippen LogP contribution in [0.25, 0.3) is 32.7 Å². The van der Waals surface area contributed by atoms with Gasteiger partial charge in [-0.05, 0) is 56.6 Å². The number of fused-ring (bicyclic) bond motifs is 8. The van der Waals surface area contributed by atoms with E-state index in [2.05, 4.69) is 91.0 Å². The van der Waals surface area contributed by atoms with Gasteiger partial charge in [0, 0.05) is 5.92 Å². The van der Waals surface area contributed by atoms with Crippen LogP contribution in [0.15, 0.2) is 96.6 Å². The molecule has 0 radical (unpaired) electrons. The van der Waals surface area contributed by atoms with Crippen molar-refractivity contribution < 1.29 is 0 Å². The van der Waals surface area contributed by atoms with Crippen LogP contribution in [0, 0.1) is 5.92 Å². The minimum absolute atomic E-state index is 0.532. The third-order valence-electron chi connectivity index (χ3n) is 6.25. The lowest BCUT2D eigenvalue weighted by Crippen LogP contribution is -2.11. The number of rotatable bonds is 0. The predicted molar refractivity (Wildman–Crippen MR) is 115 cm³/mol. The van der Waals surface area contributed by atoms with E-state index in [-0.39, 0.29) is 0 Å². The molecular formula is C27H20. The number of hydrogen-bond donors (Lipinski definition) is 0. The Morgan fingerprint density at radius 3 is 2.00 bits per heavy atom.